The summed E-state index contributed by atoms with van der Waals surface area (Å²) in [6.45, 7) is 6.11. The SMILES string of the molecule is CC(C)CCC(C)NC(=O)c1cc(Cl)c(Cl)c([N+](=O)[O-])c1. The highest BCUT2D eigenvalue weighted by Crippen LogP contribution is 2.33. The van der Waals surface area contributed by atoms with Crippen molar-refractivity contribution in [2.75, 3.05) is 0 Å². The Balaban J connectivity index is 2.86. The zero-order valence-electron chi connectivity index (χ0n) is 12.2. The van der Waals surface area contributed by atoms with E-state index in [0.29, 0.717) is 5.92 Å². The van der Waals surface area contributed by atoms with Crippen LogP contribution in [0.5, 0.6) is 0 Å². The molecule has 0 spiro atoms. The van der Waals surface area contributed by atoms with E-state index >= 15 is 0 Å². The van der Waals surface area contributed by atoms with Gasteiger partial charge in [0.15, 0.2) is 0 Å². The summed E-state index contributed by atoms with van der Waals surface area (Å²) in [7, 11) is 0. The Kier molecular flexibility index (Phi) is 6.42. The van der Waals surface area contributed by atoms with Crippen molar-refractivity contribution in [3.63, 3.8) is 0 Å². The first kappa shape index (κ1) is 17.7. The molecule has 0 aliphatic carbocycles. The minimum atomic E-state index is -0.660. The van der Waals surface area contributed by atoms with Gasteiger partial charge in [0, 0.05) is 17.7 Å². The van der Waals surface area contributed by atoms with E-state index < -0.39 is 10.8 Å². The fourth-order valence-electron chi connectivity index (χ4n) is 1.80. The van der Waals surface area contributed by atoms with Crippen molar-refractivity contribution in [1.82, 2.24) is 5.32 Å². The molecule has 1 aromatic rings. The number of amides is 1. The van der Waals surface area contributed by atoms with Gasteiger partial charge < -0.3 is 5.32 Å². The van der Waals surface area contributed by atoms with E-state index in [1.165, 1.54) is 6.07 Å². The molecule has 1 N–H and O–H groups in total. The first-order valence-corrected chi connectivity index (χ1v) is 7.42. The summed E-state index contributed by atoms with van der Waals surface area (Å²) in [6.07, 6.45) is 1.83. The van der Waals surface area contributed by atoms with Gasteiger partial charge in [0.1, 0.15) is 5.02 Å². The third kappa shape index (κ3) is 5.17. The number of carbonyl (C=O) groups excluding carboxylic acids is 1. The van der Waals surface area contributed by atoms with Crippen LogP contribution in [-0.4, -0.2) is 16.9 Å². The predicted molar refractivity (Wildman–Crippen MR) is 84.1 cm³/mol. The van der Waals surface area contributed by atoms with E-state index in [2.05, 4.69) is 19.2 Å². The highest BCUT2D eigenvalue weighted by Gasteiger charge is 2.20. The van der Waals surface area contributed by atoms with Crippen LogP contribution in [-0.2, 0) is 0 Å². The van der Waals surface area contributed by atoms with Crippen LogP contribution in [0.4, 0.5) is 5.69 Å². The summed E-state index contributed by atoms with van der Waals surface area (Å²) in [6, 6.07) is 2.45. The van der Waals surface area contributed by atoms with Gasteiger partial charge in [-0.1, -0.05) is 37.0 Å². The third-order valence-electron chi connectivity index (χ3n) is 3.02. The number of rotatable bonds is 6. The molecule has 0 aliphatic rings. The molecule has 0 heterocycles. The van der Waals surface area contributed by atoms with Gasteiger partial charge in [0.05, 0.1) is 9.95 Å². The van der Waals surface area contributed by atoms with Crippen LogP contribution < -0.4 is 5.32 Å². The Labute approximate surface area is 133 Å². The lowest BCUT2D eigenvalue weighted by molar-refractivity contribution is -0.384. The van der Waals surface area contributed by atoms with Gasteiger partial charge in [0.25, 0.3) is 11.6 Å². The average Bonchev–Trinajstić information content (AvgIpc) is 2.38. The van der Waals surface area contributed by atoms with Gasteiger partial charge in [0.2, 0.25) is 0 Å². The van der Waals surface area contributed by atoms with Crippen molar-refractivity contribution >= 4 is 34.8 Å². The number of nitro groups is 1. The van der Waals surface area contributed by atoms with E-state index in [4.69, 9.17) is 23.2 Å². The topological polar surface area (TPSA) is 72.2 Å². The normalized spacial score (nSPS) is 12.3. The van der Waals surface area contributed by atoms with Gasteiger partial charge in [-0.15, -0.1) is 0 Å². The Hall–Kier alpha value is -1.33. The smallest absolute Gasteiger partial charge is 0.290 e. The zero-order chi connectivity index (χ0) is 16.2. The average molecular weight is 333 g/mol. The molecule has 7 heteroatoms. The zero-order valence-corrected chi connectivity index (χ0v) is 13.7. The minimum absolute atomic E-state index is 0.00847. The molecule has 0 saturated heterocycles. The van der Waals surface area contributed by atoms with Crippen LogP contribution in [0.25, 0.3) is 0 Å². The predicted octanol–water partition coefficient (Wildman–Crippen LogP) is 4.46. The maximum atomic E-state index is 12.1. The fourth-order valence-corrected chi connectivity index (χ4v) is 2.19. The molecule has 5 nitrogen and oxygen atoms in total. The molecule has 0 saturated carbocycles. The fraction of sp³-hybridized carbons (Fsp3) is 0.500. The van der Waals surface area contributed by atoms with Crippen molar-refractivity contribution in [2.45, 2.75) is 39.7 Å². The van der Waals surface area contributed by atoms with Gasteiger partial charge in [-0.3, -0.25) is 14.9 Å². The summed E-state index contributed by atoms with van der Waals surface area (Å²) < 4.78 is 0. The minimum Gasteiger partial charge on any atom is -0.350 e. The molecule has 1 rings (SSSR count). The quantitative estimate of drug-likeness (QED) is 0.617. The number of halogens is 2. The Morgan fingerprint density at radius 1 is 1.29 bits per heavy atom. The second-order valence-electron chi connectivity index (χ2n) is 5.39. The van der Waals surface area contributed by atoms with Crippen LogP contribution >= 0.6 is 23.2 Å². The summed E-state index contributed by atoms with van der Waals surface area (Å²) in [5.41, 5.74) is -0.239. The van der Waals surface area contributed by atoms with E-state index in [0.717, 1.165) is 18.9 Å². The number of nitrogens with zero attached hydrogens (tertiary/aromatic N) is 1. The molecular weight excluding hydrogens is 315 g/mol. The van der Waals surface area contributed by atoms with Crippen LogP contribution in [0.1, 0.15) is 44.0 Å². The van der Waals surface area contributed by atoms with Crippen LogP contribution in [0.3, 0.4) is 0 Å². The van der Waals surface area contributed by atoms with E-state index in [-0.39, 0.29) is 27.3 Å². The number of nitro benzene ring substituents is 1. The number of carbonyl (C=O) groups is 1. The van der Waals surface area contributed by atoms with Crippen molar-refractivity contribution in [2.24, 2.45) is 5.92 Å². The third-order valence-corrected chi connectivity index (χ3v) is 3.81. The molecule has 1 aromatic carbocycles. The number of hydrogen-bond donors (Lipinski definition) is 1. The summed E-state index contributed by atoms with van der Waals surface area (Å²) >= 11 is 11.6. The lowest BCUT2D eigenvalue weighted by Crippen LogP contribution is -2.32. The molecule has 0 radical (unpaired) electrons. The number of benzene rings is 1. The summed E-state index contributed by atoms with van der Waals surface area (Å²) in [5.74, 6) is 0.156. The maximum Gasteiger partial charge on any atom is 0.290 e. The van der Waals surface area contributed by atoms with E-state index in [1.54, 1.807) is 0 Å². The standard InChI is InChI=1S/C14H18Cl2N2O3/c1-8(2)4-5-9(3)17-14(19)10-6-11(15)13(16)12(7-10)18(20)21/h6-9H,4-5H2,1-3H3,(H,17,19). The largest absolute Gasteiger partial charge is 0.350 e. The van der Waals surface area contributed by atoms with Crippen molar-refractivity contribution < 1.29 is 9.72 Å². The molecule has 116 valence electrons. The Bertz CT molecular complexity index is 547. The van der Waals surface area contributed by atoms with Crippen LogP contribution in [0.15, 0.2) is 12.1 Å². The maximum absolute atomic E-state index is 12.1. The number of hydrogen-bond acceptors (Lipinski definition) is 3. The lowest BCUT2D eigenvalue weighted by Gasteiger charge is -2.15. The molecular formula is C14H18Cl2N2O3. The van der Waals surface area contributed by atoms with Gasteiger partial charge >= 0.3 is 0 Å². The van der Waals surface area contributed by atoms with Crippen molar-refractivity contribution in [1.29, 1.82) is 0 Å². The Morgan fingerprint density at radius 2 is 1.90 bits per heavy atom. The van der Waals surface area contributed by atoms with E-state index in [1.807, 2.05) is 6.92 Å². The first-order chi connectivity index (χ1) is 9.72. The second kappa shape index (κ2) is 7.61. The summed E-state index contributed by atoms with van der Waals surface area (Å²) in [4.78, 5) is 22.3. The second-order valence-corrected chi connectivity index (χ2v) is 6.18. The van der Waals surface area contributed by atoms with Crippen LogP contribution in [0.2, 0.25) is 10.0 Å². The highest BCUT2D eigenvalue weighted by atomic mass is 35.5. The van der Waals surface area contributed by atoms with Crippen molar-refractivity contribution in [3.05, 3.63) is 37.9 Å². The summed E-state index contributed by atoms with van der Waals surface area (Å²) in [5, 5.41) is 13.5. The lowest BCUT2D eigenvalue weighted by atomic mass is 10.0. The van der Waals surface area contributed by atoms with Gasteiger partial charge in [-0.05, 0) is 31.7 Å². The monoisotopic (exact) mass is 332 g/mol. The Morgan fingerprint density at radius 3 is 2.43 bits per heavy atom. The first-order valence-electron chi connectivity index (χ1n) is 6.66. The van der Waals surface area contributed by atoms with Crippen LogP contribution in [0, 0.1) is 16.0 Å². The molecule has 0 fully saturated rings. The van der Waals surface area contributed by atoms with Gasteiger partial charge in [-0.25, -0.2) is 0 Å². The van der Waals surface area contributed by atoms with Gasteiger partial charge in [-0.2, -0.15) is 0 Å². The molecule has 0 aliphatic heterocycles. The number of nitrogens with one attached hydrogen (secondary N) is 1. The molecule has 0 aromatic heterocycles. The molecule has 1 amide bonds. The molecule has 0 bridgehead atoms. The molecule has 1 unspecified atom stereocenters. The van der Waals surface area contributed by atoms with Crippen molar-refractivity contribution in [3.8, 4) is 0 Å². The molecule has 1 atom stereocenters. The highest BCUT2D eigenvalue weighted by molar-refractivity contribution is 6.43. The molecule has 21 heavy (non-hydrogen) atoms. The van der Waals surface area contributed by atoms with E-state index in [9.17, 15) is 14.9 Å².